The highest BCUT2D eigenvalue weighted by molar-refractivity contribution is 6.10. The van der Waals surface area contributed by atoms with Gasteiger partial charge in [-0.05, 0) is 24.3 Å². The maximum absolute atomic E-state index is 14.3. The molecule has 1 amide bonds. The highest BCUT2D eigenvalue weighted by atomic mass is 19.1. The van der Waals surface area contributed by atoms with Gasteiger partial charge in [0.05, 0.1) is 40.0 Å². The third-order valence-corrected chi connectivity index (χ3v) is 5.93. The molecule has 1 atom stereocenters. The summed E-state index contributed by atoms with van der Waals surface area (Å²) >= 11 is 0. The van der Waals surface area contributed by atoms with Crippen LogP contribution in [0.3, 0.4) is 0 Å². The molecular weight excluding hydrogens is 441 g/mol. The molecule has 0 spiro atoms. The van der Waals surface area contributed by atoms with Crippen LogP contribution in [0.4, 0.5) is 10.1 Å². The van der Waals surface area contributed by atoms with Crippen molar-refractivity contribution in [3.8, 4) is 17.2 Å². The summed E-state index contributed by atoms with van der Waals surface area (Å²) in [6, 6.07) is 15.7. The van der Waals surface area contributed by atoms with Gasteiger partial charge in [0.1, 0.15) is 5.82 Å². The maximum atomic E-state index is 14.3. The maximum Gasteiger partial charge on any atom is 0.264 e. The normalized spacial score (nSPS) is 16.9. The van der Waals surface area contributed by atoms with Gasteiger partial charge >= 0.3 is 0 Å². The minimum atomic E-state index is -2.11. The van der Waals surface area contributed by atoms with Gasteiger partial charge in [-0.2, -0.15) is 0 Å². The SMILES string of the molecule is COc1cc(C(=O)C[C@@]2(O)C(=O)N(Cc3ccccc3F)c3ccccc32)cc(OC)c1OC. The number of aliphatic hydroxyl groups is 1. The molecule has 3 aromatic carbocycles. The van der Waals surface area contributed by atoms with Gasteiger partial charge in [0, 0.05) is 16.7 Å². The van der Waals surface area contributed by atoms with Crippen LogP contribution in [0.1, 0.15) is 27.9 Å². The lowest BCUT2D eigenvalue weighted by Gasteiger charge is -2.23. The molecule has 0 radical (unpaired) electrons. The molecule has 4 rings (SSSR count). The quantitative estimate of drug-likeness (QED) is 0.509. The van der Waals surface area contributed by atoms with E-state index in [1.54, 1.807) is 42.5 Å². The number of ether oxygens (including phenoxy) is 3. The van der Waals surface area contributed by atoms with Crippen LogP contribution in [0.2, 0.25) is 0 Å². The van der Waals surface area contributed by atoms with Gasteiger partial charge in [0.25, 0.3) is 5.91 Å². The molecule has 1 aliphatic rings. The first-order chi connectivity index (χ1) is 16.3. The highest BCUT2D eigenvalue weighted by Crippen LogP contribution is 2.44. The molecule has 7 nitrogen and oxygen atoms in total. The summed E-state index contributed by atoms with van der Waals surface area (Å²) < 4.78 is 30.2. The van der Waals surface area contributed by atoms with E-state index in [-0.39, 0.29) is 29.2 Å². The molecule has 0 aromatic heterocycles. The number of benzene rings is 3. The molecule has 8 heteroatoms. The second kappa shape index (κ2) is 9.15. The van der Waals surface area contributed by atoms with Crippen molar-refractivity contribution < 1.29 is 33.3 Å². The third kappa shape index (κ3) is 3.86. The number of halogens is 1. The van der Waals surface area contributed by atoms with Gasteiger partial charge in [-0.25, -0.2) is 4.39 Å². The standard InChI is InChI=1S/C26H24FNO6/c1-32-22-12-17(13-23(33-2)24(22)34-3)21(29)14-26(31)18-9-5-7-11-20(18)28(25(26)30)15-16-8-4-6-10-19(16)27/h4-13,31H,14-15H2,1-3H3/t26-/m0/s1. The van der Waals surface area contributed by atoms with Crippen LogP contribution in [0.5, 0.6) is 17.2 Å². The lowest BCUT2D eigenvalue weighted by Crippen LogP contribution is -2.41. The number of rotatable bonds is 8. The van der Waals surface area contributed by atoms with E-state index < -0.39 is 29.5 Å². The summed E-state index contributed by atoms with van der Waals surface area (Å²) in [7, 11) is 4.30. The molecule has 34 heavy (non-hydrogen) atoms. The average molecular weight is 465 g/mol. The Morgan fingerprint density at radius 3 is 2.21 bits per heavy atom. The topological polar surface area (TPSA) is 85.3 Å². The zero-order valence-corrected chi connectivity index (χ0v) is 19.0. The Hall–Kier alpha value is -3.91. The largest absolute Gasteiger partial charge is 0.493 e. The minimum Gasteiger partial charge on any atom is -0.493 e. The number of Topliss-reactive ketones (excluding diaryl/α,β-unsaturated/α-hetero) is 1. The van der Waals surface area contributed by atoms with Gasteiger partial charge in [-0.15, -0.1) is 0 Å². The Bertz CT molecular complexity index is 1230. The Balaban J connectivity index is 1.70. The number of methoxy groups -OCH3 is 3. The van der Waals surface area contributed by atoms with Gasteiger partial charge in [-0.3, -0.25) is 9.59 Å². The number of ketones is 1. The van der Waals surface area contributed by atoms with Crippen LogP contribution < -0.4 is 19.1 Å². The molecule has 0 saturated heterocycles. The van der Waals surface area contributed by atoms with Gasteiger partial charge < -0.3 is 24.2 Å². The molecule has 0 fully saturated rings. The lowest BCUT2D eigenvalue weighted by atomic mass is 9.88. The number of hydrogen-bond donors (Lipinski definition) is 1. The van der Waals surface area contributed by atoms with Crippen LogP contribution in [-0.2, 0) is 16.9 Å². The minimum absolute atomic E-state index is 0.0802. The first-order valence-corrected chi connectivity index (χ1v) is 10.5. The highest BCUT2D eigenvalue weighted by Gasteiger charge is 2.51. The monoisotopic (exact) mass is 465 g/mol. The zero-order chi connectivity index (χ0) is 24.5. The molecule has 0 unspecified atom stereocenters. The summed E-state index contributed by atoms with van der Waals surface area (Å²) in [4.78, 5) is 28.0. The third-order valence-electron chi connectivity index (χ3n) is 5.93. The van der Waals surface area contributed by atoms with Crippen molar-refractivity contribution >= 4 is 17.4 Å². The molecule has 1 heterocycles. The Kier molecular flexibility index (Phi) is 6.26. The van der Waals surface area contributed by atoms with Gasteiger partial charge in [-0.1, -0.05) is 36.4 Å². The van der Waals surface area contributed by atoms with E-state index in [1.165, 1.54) is 44.4 Å². The second-order valence-corrected chi connectivity index (χ2v) is 7.87. The first-order valence-electron chi connectivity index (χ1n) is 10.5. The number of para-hydroxylation sites is 1. The van der Waals surface area contributed by atoms with Crippen LogP contribution >= 0.6 is 0 Å². The Morgan fingerprint density at radius 1 is 0.971 bits per heavy atom. The number of carbonyl (C=O) groups excluding carboxylic acids is 2. The number of amides is 1. The van der Waals surface area contributed by atoms with Crippen molar-refractivity contribution in [2.45, 2.75) is 18.6 Å². The van der Waals surface area contributed by atoms with Crippen molar-refractivity contribution in [3.63, 3.8) is 0 Å². The molecule has 1 aliphatic heterocycles. The number of fused-ring (bicyclic) bond motifs is 1. The number of anilines is 1. The van der Waals surface area contributed by atoms with Gasteiger partial charge in [0.15, 0.2) is 22.9 Å². The van der Waals surface area contributed by atoms with E-state index in [0.29, 0.717) is 17.0 Å². The lowest BCUT2D eigenvalue weighted by molar-refractivity contribution is -0.136. The van der Waals surface area contributed by atoms with E-state index in [1.807, 2.05) is 0 Å². The molecule has 0 saturated carbocycles. The molecule has 0 aliphatic carbocycles. The van der Waals surface area contributed by atoms with Crippen molar-refractivity contribution in [2.75, 3.05) is 26.2 Å². The van der Waals surface area contributed by atoms with E-state index in [4.69, 9.17) is 14.2 Å². The van der Waals surface area contributed by atoms with Crippen LogP contribution in [0.15, 0.2) is 60.7 Å². The predicted molar refractivity (Wildman–Crippen MR) is 123 cm³/mol. The Labute approximate surface area is 196 Å². The number of hydrogen-bond acceptors (Lipinski definition) is 6. The van der Waals surface area contributed by atoms with Crippen molar-refractivity contribution in [3.05, 3.63) is 83.2 Å². The van der Waals surface area contributed by atoms with Gasteiger partial charge in [0.2, 0.25) is 5.75 Å². The fourth-order valence-corrected chi connectivity index (χ4v) is 4.21. The first kappa shape index (κ1) is 23.3. The summed E-state index contributed by atoms with van der Waals surface area (Å²) in [6.45, 7) is -0.0802. The van der Waals surface area contributed by atoms with Crippen LogP contribution in [-0.4, -0.2) is 38.1 Å². The van der Waals surface area contributed by atoms with Crippen molar-refractivity contribution in [2.24, 2.45) is 0 Å². The molecule has 176 valence electrons. The van der Waals surface area contributed by atoms with E-state index in [0.717, 1.165) is 0 Å². The second-order valence-electron chi connectivity index (χ2n) is 7.87. The molecule has 3 aromatic rings. The van der Waals surface area contributed by atoms with Crippen molar-refractivity contribution in [1.29, 1.82) is 0 Å². The smallest absolute Gasteiger partial charge is 0.264 e. The summed E-state index contributed by atoms with van der Waals surface area (Å²) in [5.74, 6) is -0.793. The summed E-state index contributed by atoms with van der Waals surface area (Å²) in [6.07, 6.45) is -0.519. The fraction of sp³-hybridized carbons (Fsp3) is 0.231. The fourth-order valence-electron chi connectivity index (χ4n) is 4.21. The zero-order valence-electron chi connectivity index (χ0n) is 19.0. The molecular formula is C26H24FNO6. The Morgan fingerprint density at radius 2 is 1.59 bits per heavy atom. The average Bonchev–Trinajstić information content (AvgIpc) is 3.06. The summed E-state index contributed by atoms with van der Waals surface area (Å²) in [5.41, 5.74) is -0.918. The predicted octanol–water partition coefficient (Wildman–Crippen LogP) is 3.86. The number of nitrogens with zero attached hydrogens (tertiary/aromatic N) is 1. The van der Waals surface area contributed by atoms with E-state index >= 15 is 0 Å². The molecule has 1 N–H and O–H groups in total. The summed E-state index contributed by atoms with van der Waals surface area (Å²) in [5, 5.41) is 11.5. The molecule has 0 bridgehead atoms. The number of carbonyl (C=O) groups is 2. The van der Waals surface area contributed by atoms with E-state index in [2.05, 4.69) is 0 Å². The van der Waals surface area contributed by atoms with Crippen LogP contribution in [0, 0.1) is 5.82 Å². The van der Waals surface area contributed by atoms with E-state index in [9.17, 15) is 19.1 Å². The van der Waals surface area contributed by atoms with Crippen molar-refractivity contribution in [1.82, 2.24) is 0 Å². The van der Waals surface area contributed by atoms with Crippen LogP contribution in [0.25, 0.3) is 0 Å².